The average molecular weight is 254 g/mol. The van der Waals surface area contributed by atoms with Gasteiger partial charge in [0.05, 0.1) is 6.04 Å². The number of aryl methyl sites for hydroxylation is 2. The van der Waals surface area contributed by atoms with Crippen LogP contribution in [0.3, 0.4) is 0 Å². The highest BCUT2D eigenvalue weighted by atomic mass is 16.5. The highest BCUT2D eigenvalue weighted by Gasteiger charge is 2.12. The number of hydrogen-bond acceptors (Lipinski definition) is 4. The molecule has 5 heteroatoms. The van der Waals surface area contributed by atoms with Gasteiger partial charge in [-0.1, -0.05) is 13.8 Å². The van der Waals surface area contributed by atoms with Crippen molar-refractivity contribution in [3.05, 3.63) is 11.6 Å². The molecule has 0 saturated carbocycles. The van der Waals surface area contributed by atoms with Crippen molar-refractivity contribution in [2.24, 2.45) is 0 Å². The second-order valence-corrected chi connectivity index (χ2v) is 4.50. The van der Waals surface area contributed by atoms with Crippen LogP contribution < -0.4 is 5.32 Å². The fraction of sp³-hybridized carbons (Fsp3) is 0.846. The van der Waals surface area contributed by atoms with Crippen molar-refractivity contribution in [1.29, 1.82) is 0 Å². The normalized spacial score (nSPS) is 12.9. The molecule has 1 heterocycles. The Kier molecular flexibility index (Phi) is 6.90. The molecule has 0 saturated heterocycles. The van der Waals surface area contributed by atoms with Crippen LogP contribution in [0, 0.1) is 0 Å². The maximum Gasteiger partial charge on any atom is 0.150 e. The highest BCUT2D eigenvalue weighted by molar-refractivity contribution is 4.94. The van der Waals surface area contributed by atoms with E-state index in [0.717, 1.165) is 50.6 Å². The van der Waals surface area contributed by atoms with Gasteiger partial charge in [0.2, 0.25) is 0 Å². The van der Waals surface area contributed by atoms with E-state index in [4.69, 9.17) is 4.74 Å². The maximum absolute atomic E-state index is 5.02. The van der Waals surface area contributed by atoms with E-state index in [2.05, 4.69) is 40.9 Å². The van der Waals surface area contributed by atoms with E-state index in [-0.39, 0.29) is 0 Å². The van der Waals surface area contributed by atoms with Crippen molar-refractivity contribution < 1.29 is 4.74 Å². The Morgan fingerprint density at radius 3 is 2.72 bits per heavy atom. The number of hydrogen-bond donors (Lipinski definition) is 1. The summed E-state index contributed by atoms with van der Waals surface area (Å²) in [5.41, 5.74) is 0. The van der Waals surface area contributed by atoms with Crippen molar-refractivity contribution in [2.75, 3.05) is 26.8 Å². The van der Waals surface area contributed by atoms with Crippen LogP contribution >= 0.6 is 0 Å². The van der Waals surface area contributed by atoms with E-state index in [1.54, 1.807) is 7.11 Å². The summed E-state index contributed by atoms with van der Waals surface area (Å²) in [6, 6.07) is 0.343. The molecule has 1 rings (SSSR count). The zero-order chi connectivity index (χ0) is 13.4. The molecule has 0 fully saturated rings. The molecule has 0 radical (unpaired) electrons. The molecule has 1 aromatic rings. The summed E-state index contributed by atoms with van der Waals surface area (Å²) in [5.74, 6) is 2.02. The second kappa shape index (κ2) is 8.21. The van der Waals surface area contributed by atoms with Gasteiger partial charge in [0.15, 0.2) is 5.82 Å². The molecule has 0 aliphatic carbocycles. The molecule has 1 N–H and O–H groups in total. The van der Waals surface area contributed by atoms with Crippen LogP contribution in [0.4, 0.5) is 0 Å². The van der Waals surface area contributed by atoms with Gasteiger partial charge in [-0.25, -0.2) is 9.67 Å². The predicted octanol–water partition coefficient (Wildman–Crippen LogP) is 1.59. The molecule has 0 bridgehead atoms. The van der Waals surface area contributed by atoms with Gasteiger partial charge in [-0.15, -0.1) is 0 Å². The lowest BCUT2D eigenvalue weighted by atomic mass is 10.3. The number of aromatic nitrogens is 3. The van der Waals surface area contributed by atoms with Gasteiger partial charge in [0.25, 0.3) is 0 Å². The molecule has 18 heavy (non-hydrogen) atoms. The Bertz CT molecular complexity index is 338. The minimum atomic E-state index is 0.343. The molecule has 104 valence electrons. The summed E-state index contributed by atoms with van der Waals surface area (Å²) in [7, 11) is 1.73. The molecule has 0 aliphatic rings. The maximum atomic E-state index is 5.02. The number of methoxy groups -OCH3 is 1. The average Bonchev–Trinajstić information content (AvgIpc) is 2.81. The van der Waals surface area contributed by atoms with E-state index in [9.17, 15) is 0 Å². The lowest BCUT2D eigenvalue weighted by molar-refractivity contribution is 0.194. The van der Waals surface area contributed by atoms with Gasteiger partial charge in [-0.3, -0.25) is 0 Å². The number of rotatable bonds is 9. The van der Waals surface area contributed by atoms with E-state index < -0.39 is 0 Å². The van der Waals surface area contributed by atoms with Crippen molar-refractivity contribution in [1.82, 2.24) is 20.1 Å². The summed E-state index contributed by atoms with van der Waals surface area (Å²) in [6.07, 6.45) is 2.87. The molecule has 0 amide bonds. The largest absolute Gasteiger partial charge is 0.385 e. The summed E-state index contributed by atoms with van der Waals surface area (Å²) >= 11 is 0. The van der Waals surface area contributed by atoms with E-state index in [1.807, 2.05) is 0 Å². The predicted molar refractivity (Wildman–Crippen MR) is 72.9 cm³/mol. The van der Waals surface area contributed by atoms with Gasteiger partial charge >= 0.3 is 0 Å². The Morgan fingerprint density at radius 1 is 1.33 bits per heavy atom. The molecule has 5 nitrogen and oxygen atoms in total. The van der Waals surface area contributed by atoms with Crippen LogP contribution in [0.25, 0.3) is 0 Å². The van der Waals surface area contributed by atoms with Gasteiger partial charge in [-0.2, -0.15) is 5.10 Å². The van der Waals surface area contributed by atoms with E-state index >= 15 is 0 Å². The van der Waals surface area contributed by atoms with Gasteiger partial charge in [-0.05, 0) is 19.9 Å². The SMILES string of the molecule is CCc1nc(CC)n(C(C)CNCCCOC)n1. The fourth-order valence-corrected chi connectivity index (χ4v) is 1.89. The van der Waals surface area contributed by atoms with Crippen molar-refractivity contribution >= 4 is 0 Å². The monoisotopic (exact) mass is 254 g/mol. The smallest absolute Gasteiger partial charge is 0.150 e. The molecule has 0 spiro atoms. The fourth-order valence-electron chi connectivity index (χ4n) is 1.89. The van der Waals surface area contributed by atoms with Gasteiger partial charge in [0.1, 0.15) is 5.82 Å². The van der Waals surface area contributed by atoms with Crippen LogP contribution in [0.15, 0.2) is 0 Å². The summed E-state index contributed by atoms with van der Waals surface area (Å²) in [5, 5.41) is 7.98. The van der Waals surface area contributed by atoms with E-state index in [0.29, 0.717) is 6.04 Å². The van der Waals surface area contributed by atoms with Crippen LogP contribution in [-0.4, -0.2) is 41.6 Å². The lowest BCUT2D eigenvalue weighted by Crippen LogP contribution is -2.26. The Morgan fingerprint density at radius 2 is 2.11 bits per heavy atom. The van der Waals surface area contributed by atoms with Crippen LogP contribution in [0.5, 0.6) is 0 Å². The first-order valence-corrected chi connectivity index (χ1v) is 6.86. The number of ether oxygens (including phenoxy) is 1. The lowest BCUT2D eigenvalue weighted by Gasteiger charge is -2.14. The molecule has 1 atom stereocenters. The minimum Gasteiger partial charge on any atom is -0.385 e. The number of nitrogens with zero attached hydrogens (tertiary/aromatic N) is 3. The highest BCUT2D eigenvalue weighted by Crippen LogP contribution is 2.09. The first kappa shape index (κ1) is 15.1. The minimum absolute atomic E-state index is 0.343. The second-order valence-electron chi connectivity index (χ2n) is 4.50. The van der Waals surface area contributed by atoms with E-state index in [1.165, 1.54) is 0 Å². The quantitative estimate of drug-likeness (QED) is 0.680. The third-order valence-corrected chi connectivity index (χ3v) is 2.94. The molecule has 0 aromatic carbocycles. The molecule has 1 aromatic heterocycles. The van der Waals surface area contributed by atoms with Gasteiger partial charge in [0, 0.05) is 33.1 Å². The summed E-state index contributed by atoms with van der Waals surface area (Å²) in [6.45, 7) is 9.10. The van der Waals surface area contributed by atoms with Crippen molar-refractivity contribution in [3.63, 3.8) is 0 Å². The zero-order valence-electron chi connectivity index (χ0n) is 12.1. The van der Waals surface area contributed by atoms with Crippen molar-refractivity contribution in [3.8, 4) is 0 Å². The van der Waals surface area contributed by atoms with Gasteiger partial charge < -0.3 is 10.1 Å². The third-order valence-electron chi connectivity index (χ3n) is 2.94. The first-order valence-electron chi connectivity index (χ1n) is 6.86. The number of nitrogens with one attached hydrogen (secondary N) is 1. The Balaban J connectivity index is 2.44. The van der Waals surface area contributed by atoms with Crippen LogP contribution in [0.2, 0.25) is 0 Å². The third kappa shape index (κ3) is 4.38. The molecular formula is C13H26N4O. The topological polar surface area (TPSA) is 52.0 Å². The Labute approximate surface area is 110 Å². The van der Waals surface area contributed by atoms with Crippen LogP contribution in [0.1, 0.15) is 44.9 Å². The van der Waals surface area contributed by atoms with Crippen molar-refractivity contribution in [2.45, 2.75) is 46.1 Å². The molecular weight excluding hydrogens is 228 g/mol. The Hall–Kier alpha value is -0.940. The van der Waals surface area contributed by atoms with Crippen LogP contribution in [-0.2, 0) is 17.6 Å². The molecule has 0 aliphatic heterocycles. The standard InChI is InChI=1S/C13H26N4O/c1-5-12-15-13(6-2)17(16-12)11(3)10-14-8-7-9-18-4/h11,14H,5-10H2,1-4H3. The molecule has 1 unspecified atom stereocenters. The summed E-state index contributed by atoms with van der Waals surface area (Å²) < 4.78 is 7.08. The summed E-state index contributed by atoms with van der Waals surface area (Å²) in [4.78, 5) is 4.53. The zero-order valence-corrected chi connectivity index (χ0v) is 12.1. The first-order chi connectivity index (χ1) is 8.72.